The Labute approximate surface area is 153 Å². The Morgan fingerprint density at radius 2 is 1.65 bits per heavy atom. The quantitative estimate of drug-likeness (QED) is 0.600. The molecule has 2 rings (SSSR count). The number of carbonyl (C=O) groups is 2. The van der Waals surface area contributed by atoms with Crippen molar-refractivity contribution in [3.8, 4) is 11.5 Å². The summed E-state index contributed by atoms with van der Waals surface area (Å²) in [4.78, 5) is 23.8. The maximum atomic E-state index is 12.0. The highest BCUT2D eigenvalue weighted by atomic mass is 16.5. The fourth-order valence-corrected chi connectivity index (χ4v) is 2.30. The minimum absolute atomic E-state index is 0.0449. The van der Waals surface area contributed by atoms with Gasteiger partial charge in [0.25, 0.3) is 5.91 Å². The maximum Gasteiger partial charge on any atom is 0.260 e. The first-order valence-electron chi connectivity index (χ1n) is 8.58. The van der Waals surface area contributed by atoms with E-state index in [2.05, 4.69) is 10.6 Å². The van der Waals surface area contributed by atoms with E-state index < -0.39 is 6.10 Å². The van der Waals surface area contributed by atoms with Crippen LogP contribution in [0.5, 0.6) is 11.5 Å². The third-order valence-electron chi connectivity index (χ3n) is 3.75. The van der Waals surface area contributed by atoms with Crippen LogP contribution in [0.15, 0.2) is 54.6 Å². The van der Waals surface area contributed by atoms with Crippen LogP contribution in [0.1, 0.15) is 18.9 Å². The van der Waals surface area contributed by atoms with E-state index in [1.807, 2.05) is 30.3 Å². The van der Waals surface area contributed by atoms with E-state index in [-0.39, 0.29) is 17.6 Å². The van der Waals surface area contributed by atoms with Gasteiger partial charge in [0.05, 0.1) is 0 Å². The fourth-order valence-electron chi connectivity index (χ4n) is 2.30. The number of aryl methyl sites for hydroxylation is 1. The van der Waals surface area contributed by atoms with Gasteiger partial charge in [-0.05, 0) is 43.2 Å². The zero-order chi connectivity index (χ0) is 18.8. The molecule has 1 atom stereocenters. The van der Waals surface area contributed by atoms with Crippen LogP contribution in [0.4, 0.5) is 0 Å². The number of rotatable bonds is 9. The van der Waals surface area contributed by atoms with Crippen LogP contribution in [0.25, 0.3) is 0 Å². The number of carbonyl (C=O) groups excluding carboxylic acids is 2. The molecule has 0 aliphatic heterocycles. The molecule has 0 saturated heterocycles. The van der Waals surface area contributed by atoms with Gasteiger partial charge in [-0.2, -0.15) is 0 Å². The van der Waals surface area contributed by atoms with Gasteiger partial charge in [0.15, 0.2) is 6.10 Å². The van der Waals surface area contributed by atoms with Gasteiger partial charge in [0, 0.05) is 19.5 Å². The number of benzene rings is 2. The molecule has 6 heteroatoms. The molecule has 0 radical (unpaired) electrons. The van der Waals surface area contributed by atoms with Crippen LogP contribution in [-0.2, 0) is 16.0 Å². The molecule has 2 amide bonds. The highest BCUT2D eigenvalue weighted by Gasteiger charge is 2.14. The lowest BCUT2D eigenvalue weighted by atomic mass is 10.1. The molecule has 0 saturated carbocycles. The highest BCUT2D eigenvalue weighted by Crippen LogP contribution is 2.17. The topological polar surface area (TPSA) is 87.7 Å². The summed E-state index contributed by atoms with van der Waals surface area (Å²) in [5.41, 5.74) is 1.12. The average molecular weight is 356 g/mol. The van der Waals surface area contributed by atoms with Crippen LogP contribution in [-0.4, -0.2) is 36.1 Å². The largest absolute Gasteiger partial charge is 0.508 e. The molecule has 138 valence electrons. The van der Waals surface area contributed by atoms with E-state index in [1.54, 1.807) is 19.1 Å². The third-order valence-corrected chi connectivity index (χ3v) is 3.75. The summed E-state index contributed by atoms with van der Waals surface area (Å²) in [6.07, 6.45) is 0.433. The summed E-state index contributed by atoms with van der Waals surface area (Å²) in [6.45, 7) is 2.34. The molecule has 0 aromatic heterocycles. The average Bonchev–Trinajstić information content (AvgIpc) is 2.66. The molecule has 0 aliphatic rings. The number of nitrogens with one attached hydrogen (secondary N) is 2. The Bertz CT molecular complexity index is 702. The fraction of sp³-hybridized carbons (Fsp3) is 0.300. The molecule has 2 aromatic rings. The van der Waals surface area contributed by atoms with E-state index >= 15 is 0 Å². The van der Waals surface area contributed by atoms with Crippen molar-refractivity contribution in [3.05, 3.63) is 60.2 Å². The van der Waals surface area contributed by atoms with Crippen molar-refractivity contribution in [2.75, 3.05) is 13.1 Å². The summed E-state index contributed by atoms with van der Waals surface area (Å²) in [5.74, 6) is 0.324. The molecule has 3 N–H and O–H groups in total. The predicted molar refractivity (Wildman–Crippen MR) is 99.0 cm³/mol. The van der Waals surface area contributed by atoms with Crippen LogP contribution in [0.2, 0.25) is 0 Å². The van der Waals surface area contributed by atoms with Crippen LogP contribution in [0.3, 0.4) is 0 Å². The second-order valence-electron chi connectivity index (χ2n) is 5.88. The lowest BCUT2D eigenvalue weighted by Crippen LogP contribution is -2.40. The monoisotopic (exact) mass is 356 g/mol. The number of phenolic OH excluding ortho intramolecular Hbond substituents is 1. The predicted octanol–water partition coefficient (Wildman–Crippen LogP) is 2.02. The SMILES string of the molecule is CC(Oc1ccc(O)cc1)C(=O)NCCNC(=O)CCc1ccccc1. The Hall–Kier alpha value is -3.02. The standard InChI is InChI=1S/C20H24N2O4/c1-15(26-18-10-8-17(23)9-11-18)20(25)22-14-13-21-19(24)12-7-16-5-3-2-4-6-16/h2-6,8-11,15,23H,7,12-14H2,1H3,(H,21,24)(H,22,25). The second-order valence-corrected chi connectivity index (χ2v) is 5.88. The normalized spacial score (nSPS) is 11.4. The van der Waals surface area contributed by atoms with Crippen molar-refractivity contribution >= 4 is 11.8 Å². The summed E-state index contributed by atoms with van der Waals surface area (Å²) >= 11 is 0. The van der Waals surface area contributed by atoms with Crippen molar-refractivity contribution in [1.82, 2.24) is 10.6 Å². The van der Waals surface area contributed by atoms with Crippen molar-refractivity contribution < 1.29 is 19.4 Å². The van der Waals surface area contributed by atoms with Gasteiger partial charge in [0.2, 0.25) is 5.91 Å². The van der Waals surface area contributed by atoms with E-state index in [4.69, 9.17) is 4.74 Å². The summed E-state index contributed by atoms with van der Waals surface area (Å²) in [7, 11) is 0. The lowest BCUT2D eigenvalue weighted by molar-refractivity contribution is -0.127. The zero-order valence-electron chi connectivity index (χ0n) is 14.8. The molecule has 26 heavy (non-hydrogen) atoms. The highest BCUT2D eigenvalue weighted by molar-refractivity contribution is 5.81. The van der Waals surface area contributed by atoms with E-state index in [0.29, 0.717) is 31.7 Å². The number of hydrogen-bond donors (Lipinski definition) is 3. The van der Waals surface area contributed by atoms with Gasteiger partial charge in [0.1, 0.15) is 11.5 Å². The van der Waals surface area contributed by atoms with Gasteiger partial charge in [-0.1, -0.05) is 30.3 Å². The molecule has 0 fully saturated rings. The minimum Gasteiger partial charge on any atom is -0.508 e. The Kier molecular flexibility index (Phi) is 7.49. The lowest BCUT2D eigenvalue weighted by Gasteiger charge is -2.15. The van der Waals surface area contributed by atoms with Crippen molar-refractivity contribution in [3.63, 3.8) is 0 Å². The van der Waals surface area contributed by atoms with Crippen LogP contribution < -0.4 is 15.4 Å². The van der Waals surface area contributed by atoms with Crippen molar-refractivity contribution in [2.45, 2.75) is 25.9 Å². The van der Waals surface area contributed by atoms with Crippen molar-refractivity contribution in [2.24, 2.45) is 0 Å². The Morgan fingerprint density at radius 3 is 2.35 bits per heavy atom. The third kappa shape index (κ3) is 6.84. The van der Waals surface area contributed by atoms with Gasteiger partial charge in [-0.25, -0.2) is 0 Å². The summed E-state index contributed by atoms with van der Waals surface area (Å²) in [6, 6.07) is 16.0. The van der Waals surface area contributed by atoms with E-state index in [9.17, 15) is 14.7 Å². The van der Waals surface area contributed by atoms with Crippen molar-refractivity contribution in [1.29, 1.82) is 0 Å². The first-order chi connectivity index (χ1) is 12.5. The number of amides is 2. The molecule has 6 nitrogen and oxygen atoms in total. The first-order valence-corrected chi connectivity index (χ1v) is 8.58. The number of hydrogen-bond acceptors (Lipinski definition) is 4. The van der Waals surface area contributed by atoms with Gasteiger partial charge >= 0.3 is 0 Å². The van der Waals surface area contributed by atoms with Crippen LogP contribution >= 0.6 is 0 Å². The molecule has 1 unspecified atom stereocenters. The van der Waals surface area contributed by atoms with Gasteiger partial charge in [-0.3, -0.25) is 9.59 Å². The van der Waals surface area contributed by atoms with E-state index in [0.717, 1.165) is 5.56 Å². The Morgan fingerprint density at radius 1 is 1.00 bits per heavy atom. The van der Waals surface area contributed by atoms with Gasteiger partial charge in [-0.15, -0.1) is 0 Å². The molecule has 0 aliphatic carbocycles. The summed E-state index contributed by atoms with van der Waals surface area (Å²) in [5, 5.41) is 14.7. The zero-order valence-corrected chi connectivity index (χ0v) is 14.8. The molecular formula is C20H24N2O4. The molecule has 0 spiro atoms. The smallest absolute Gasteiger partial charge is 0.260 e. The van der Waals surface area contributed by atoms with Gasteiger partial charge < -0.3 is 20.5 Å². The maximum absolute atomic E-state index is 12.0. The molecule has 2 aromatic carbocycles. The van der Waals surface area contributed by atoms with Crippen LogP contribution in [0, 0.1) is 0 Å². The first kappa shape index (κ1) is 19.3. The van der Waals surface area contributed by atoms with E-state index in [1.165, 1.54) is 12.1 Å². The molecule has 0 heterocycles. The second kappa shape index (κ2) is 10.1. The molecule has 0 bridgehead atoms. The number of phenols is 1. The Balaban J connectivity index is 1.60. The minimum atomic E-state index is -0.673. The number of aromatic hydroxyl groups is 1. The number of ether oxygens (including phenoxy) is 1. The summed E-state index contributed by atoms with van der Waals surface area (Å²) < 4.78 is 5.49. The molecular weight excluding hydrogens is 332 g/mol.